The van der Waals surface area contributed by atoms with Crippen molar-refractivity contribution in [3.05, 3.63) is 65.3 Å². The first-order chi connectivity index (χ1) is 14.7. The van der Waals surface area contributed by atoms with Crippen molar-refractivity contribution in [2.24, 2.45) is 0 Å². The maximum absolute atomic E-state index is 12.0. The van der Waals surface area contributed by atoms with Crippen LogP contribution in [0, 0.1) is 0 Å². The number of benzene rings is 2. The van der Waals surface area contributed by atoms with E-state index in [9.17, 15) is 4.79 Å². The molecule has 2 atom stereocenters. The van der Waals surface area contributed by atoms with Gasteiger partial charge in [-0.15, -0.1) is 11.3 Å². The smallest absolute Gasteiger partial charge is 0.137 e. The van der Waals surface area contributed by atoms with E-state index in [1.54, 1.807) is 25.6 Å². The number of piperidine rings is 1. The molecular weight excluding hydrogens is 396 g/mol. The normalized spacial score (nSPS) is 19.4. The minimum absolute atomic E-state index is 0.0483. The molecule has 3 aromatic rings. The van der Waals surface area contributed by atoms with Gasteiger partial charge in [-0.05, 0) is 48.6 Å². The molecule has 0 radical (unpaired) electrons. The molecule has 2 aromatic carbocycles. The zero-order valence-corrected chi connectivity index (χ0v) is 18.1. The van der Waals surface area contributed by atoms with Crippen LogP contribution < -0.4 is 9.47 Å². The molecule has 4 rings (SSSR count). The minimum Gasteiger partial charge on any atom is -0.496 e. The van der Waals surface area contributed by atoms with Gasteiger partial charge < -0.3 is 14.3 Å². The molecule has 1 aliphatic heterocycles. The Morgan fingerprint density at radius 2 is 1.90 bits per heavy atom. The van der Waals surface area contributed by atoms with Crippen molar-refractivity contribution < 1.29 is 14.3 Å². The van der Waals surface area contributed by atoms with E-state index in [0.29, 0.717) is 6.54 Å². The predicted octanol–water partition coefficient (Wildman–Crippen LogP) is 5.12. The summed E-state index contributed by atoms with van der Waals surface area (Å²) in [5.74, 6) is 1.60. The third-order valence-corrected chi connectivity index (χ3v) is 6.59. The summed E-state index contributed by atoms with van der Waals surface area (Å²) < 4.78 is 11.4. The third-order valence-electron chi connectivity index (χ3n) is 5.77. The van der Waals surface area contributed by atoms with Gasteiger partial charge in [0.05, 0.1) is 36.2 Å². The van der Waals surface area contributed by atoms with Crippen LogP contribution in [-0.2, 0) is 11.3 Å². The quantitative estimate of drug-likeness (QED) is 0.495. The molecule has 1 saturated heterocycles. The maximum Gasteiger partial charge on any atom is 0.137 e. The van der Waals surface area contributed by atoms with Crippen molar-refractivity contribution in [3.63, 3.8) is 0 Å². The lowest BCUT2D eigenvalue weighted by Crippen LogP contribution is -2.42. The zero-order valence-electron chi connectivity index (χ0n) is 17.3. The van der Waals surface area contributed by atoms with Crippen molar-refractivity contribution in [2.45, 2.75) is 37.9 Å². The highest BCUT2D eigenvalue weighted by molar-refractivity contribution is 7.13. The van der Waals surface area contributed by atoms with Crippen molar-refractivity contribution in [3.8, 4) is 21.9 Å². The van der Waals surface area contributed by atoms with Gasteiger partial charge in [-0.2, -0.15) is 0 Å². The Balaban J connectivity index is 1.71. The van der Waals surface area contributed by atoms with Crippen LogP contribution >= 0.6 is 11.3 Å². The molecule has 0 amide bonds. The topological polar surface area (TPSA) is 51.7 Å². The summed E-state index contributed by atoms with van der Waals surface area (Å²) in [6.07, 6.45) is 5.79. The standard InChI is InChI=1S/C24H26N2O3S/c1-28-21-10-5-11-22(29-2)24(21)20-9-4-8-19(15-27)26(20)14-17-6-3-7-18(12-17)23-13-25-16-30-23/h3,5-7,10-13,15-16,19-20H,4,8-9,14H2,1-2H3. The van der Waals surface area contributed by atoms with E-state index < -0.39 is 0 Å². The second-order valence-corrected chi connectivity index (χ2v) is 8.35. The summed E-state index contributed by atoms with van der Waals surface area (Å²) in [5.41, 5.74) is 5.20. The number of hydrogen-bond donors (Lipinski definition) is 0. The zero-order chi connectivity index (χ0) is 20.9. The van der Waals surface area contributed by atoms with Crippen molar-refractivity contribution >= 4 is 17.6 Å². The summed E-state index contributed by atoms with van der Waals surface area (Å²) in [6, 6.07) is 14.3. The molecule has 0 bridgehead atoms. The summed E-state index contributed by atoms with van der Waals surface area (Å²) in [7, 11) is 3.36. The van der Waals surface area contributed by atoms with Crippen LogP contribution in [0.4, 0.5) is 0 Å². The second-order valence-electron chi connectivity index (χ2n) is 7.46. The highest BCUT2D eigenvalue weighted by Gasteiger charge is 2.34. The number of hydrogen-bond acceptors (Lipinski definition) is 6. The Kier molecular flexibility index (Phi) is 6.45. The molecule has 156 valence electrons. The molecule has 0 saturated carbocycles. The average molecular weight is 423 g/mol. The molecule has 1 aliphatic rings. The Labute approximate surface area is 181 Å². The summed E-state index contributed by atoms with van der Waals surface area (Å²) in [4.78, 5) is 19.6. The van der Waals surface area contributed by atoms with E-state index in [4.69, 9.17) is 9.47 Å². The Bertz CT molecular complexity index is 968. The molecule has 2 unspecified atom stereocenters. The molecule has 30 heavy (non-hydrogen) atoms. The first-order valence-corrected chi connectivity index (χ1v) is 11.0. The van der Waals surface area contributed by atoms with E-state index >= 15 is 0 Å². The molecule has 2 heterocycles. The fourth-order valence-corrected chi connectivity index (χ4v) is 4.99. The second kappa shape index (κ2) is 9.41. The number of aldehydes is 1. The summed E-state index contributed by atoms with van der Waals surface area (Å²) in [6.45, 7) is 0.682. The van der Waals surface area contributed by atoms with Gasteiger partial charge in [0, 0.05) is 18.8 Å². The van der Waals surface area contributed by atoms with Crippen LogP contribution in [0.3, 0.4) is 0 Å². The van der Waals surface area contributed by atoms with E-state index in [1.165, 1.54) is 5.56 Å². The van der Waals surface area contributed by atoms with Gasteiger partial charge in [-0.1, -0.05) is 24.3 Å². The molecule has 0 aliphatic carbocycles. The molecule has 6 heteroatoms. The molecule has 0 spiro atoms. The largest absolute Gasteiger partial charge is 0.496 e. The van der Waals surface area contributed by atoms with Crippen molar-refractivity contribution in [1.82, 2.24) is 9.88 Å². The predicted molar refractivity (Wildman–Crippen MR) is 119 cm³/mol. The average Bonchev–Trinajstić information content (AvgIpc) is 3.34. The number of likely N-dealkylation sites (tertiary alicyclic amines) is 1. The van der Waals surface area contributed by atoms with Crippen LogP contribution in [0.1, 0.15) is 36.4 Å². The SMILES string of the molecule is COc1cccc(OC)c1C1CCCC(C=O)N1Cc1cccc(-c2cncs2)c1. The minimum atomic E-state index is -0.134. The number of thiazole rings is 1. The number of carbonyl (C=O) groups excluding carboxylic acids is 1. The molecule has 5 nitrogen and oxygen atoms in total. The van der Waals surface area contributed by atoms with Gasteiger partial charge in [0.25, 0.3) is 0 Å². The van der Waals surface area contributed by atoms with Gasteiger partial charge in [-0.25, -0.2) is 0 Å². The molecule has 1 fully saturated rings. The number of methoxy groups -OCH3 is 2. The van der Waals surface area contributed by atoms with Gasteiger partial charge in [-0.3, -0.25) is 9.88 Å². The number of nitrogens with zero attached hydrogens (tertiary/aromatic N) is 2. The van der Waals surface area contributed by atoms with E-state index in [0.717, 1.165) is 53.1 Å². The van der Waals surface area contributed by atoms with Crippen molar-refractivity contribution in [2.75, 3.05) is 14.2 Å². The fraction of sp³-hybridized carbons (Fsp3) is 0.333. The first kappa shape index (κ1) is 20.6. The Morgan fingerprint density at radius 3 is 2.57 bits per heavy atom. The fourth-order valence-electron chi connectivity index (χ4n) is 4.37. The Hall–Kier alpha value is -2.70. The monoisotopic (exact) mass is 422 g/mol. The number of rotatable bonds is 7. The van der Waals surface area contributed by atoms with Gasteiger partial charge in [0.1, 0.15) is 17.8 Å². The third kappa shape index (κ3) is 4.11. The van der Waals surface area contributed by atoms with E-state index in [1.807, 2.05) is 29.9 Å². The van der Waals surface area contributed by atoms with Gasteiger partial charge in [0.15, 0.2) is 0 Å². The lowest BCUT2D eigenvalue weighted by molar-refractivity contribution is -0.115. The van der Waals surface area contributed by atoms with Crippen LogP contribution in [0.2, 0.25) is 0 Å². The van der Waals surface area contributed by atoms with E-state index in [2.05, 4.69) is 34.1 Å². The summed E-state index contributed by atoms with van der Waals surface area (Å²) in [5, 5.41) is 0. The van der Waals surface area contributed by atoms with Crippen LogP contribution in [-0.4, -0.2) is 36.4 Å². The highest BCUT2D eigenvalue weighted by atomic mass is 32.1. The molecular formula is C24H26N2O3S. The maximum atomic E-state index is 12.0. The highest BCUT2D eigenvalue weighted by Crippen LogP contribution is 2.43. The number of ether oxygens (including phenoxy) is 2. The van der Waals surface area contributed by atoms with Crippen LogP contribution in [0.25, 0.3) is 10.4 Å². The van der Waals surface area contributed by atoms with Crippen LogP contribution in [0.15, 0.2) is 54.2 Å². The Morgan fingerprint density at radius 1 is 1.13 bits per heavy atom. The lowest BCUT2D eigenvalue weighted by Gasteiger charge is -2.41. The van der Waals surface area contributed by atoms with Gasteiger partial charge >= 0.3 is 0 Å². The van der Waals surface area contributed by atoms with Crippen molar-refractivity contribution in [1.29, 1.82) is 0 Å². The number of carbonyl (C=O) groups is 1. The summed E-state index contributed by atoms with van der Waals surface area (Å²) >= 11 is 1.63. The van der Waals surface area contributed by atoms with E-state index in [-0.39, 0.29) is 12.1 Å². The van der Waals surface area contributed by atoms with Gasteiger partial charge in [0.2, 0.25) is 0 Å². The van der Waals surface area contributed by atoms with Crippen LogP contribution in [0.5, 0.6) is 11.5 Å². The lowest BCUT2D eigenvalue weighted by atomic mass is 9.89. The first-order valence-electron chi connectivity index (χ1n) is 10.1. The number of aromatic nitrogens is 1. The molecule has 0 N–H and O–H groups in total. The molecule has 1 aromatic heterocycles.